The van der Waals surface area contributed by atoms with Crippen molar-refractivity contribution in [3.63, 3.8) is 0 Å². The average Bonchev–Trinajstić information content (AvgIpc) is 2.43. The third-order valence-electron chi connectivity index (χ3n) is 3.04. The Hall–Kier alpha value is -1.62. The Balaban J connectivity index is 2.00. The number of carbonyl (C=O) groups is 1. The standard InChI is InChI=1S/C14H18FNO3/c1-2-19-12-4-3-11(13(15)10-12)9-14(17)16-5-7-18-8-6-16/h3-4,10H,2,5-9H2,1H3. The van der Waals surface area contributed by atoms with E-state index in [0.29, 0.717) is 44.2 Å². The Labute approximate surface area is 112 Å². The van der Waals surface area contributed by atoms with E-state index in [1.807, 2.05) is 6.92 Å². The molecule has 0 atom stereocenters. The summed E-state index contributed by atoms with van der Waals surface area (Å²) >= 11 is 0. The van der Waals surface area contributed by atoms with Crippen molar-refractivity contribution in [1.82, 2.24) is 4.90 Å². The van der Waals surface area contributed by atoms with Crippen LogP contribution in [0, 0.1) is 5.82 Å². The Kier molecular flexibility index (Phi) is 4.74. The third-order valence-corrected chi connectivity index (χ3v) is 3.04. The van der Waals surface area contributed by atoms with Crippen LogP contribution in [0.4, 0.5) is 4.39 Å². The zero-order valence-corrected chi connectivity index (χ0v) is 11.0. The maximum Gasteiger partial charge on any atom is 0.227 e. The van der Waals surface area contributed by atoms with Gasteiger partial charge in [0.1, 0.15) is 11.6 Å². The predicted octanol–water partition coefficient (Wildman–Crippen LogP) is 1.63. The van der Waals surface area contributed by atoms with Crippen LogP contribution in [-0.2, 0) is 16.0 Å². The molecule has 1 heterocycles. The lowest BCUT2D eigenvalue weighted by molar-refractivity contribution is -0.134. The largest absolute Gasteiger partial charge is 0.494 e. The fraction of sp³-hybridized carbons (Fsp3) is 0.500. The normalized spacial score (nSPS) is 15.4. The van der Waals surface area contributed by atoms with Crippen LogP contribution in [0.1, 0.15) is 12.5 Å². The lowest BCUT2D eigenvalue weighted by atomic mass is 10.1. The van der Waals surface area contributed by atoms with Gasteiger partial charge >= 0.3 is 0 Å². The van der Waals surface area contributed by atoms with E-state index in [4.69, 9.17) is 9.47 Å². The first kappa shape index (κ1) is 13.8. The molecular formula is C14H18FNO3. The molecule has 1 aliphatic rings. The van der Waals surface area contributed by atoms with Gasteiger partial charge in [0.25, 0.3) is 0 Å². The molecule has 19 heavy (non-hydrogen) atoms. The van der Waals surface area contributed by atoms with Crippen molar-refractivity contribution in [2.45, 2.75) is 13.3 Å². The van der Waals surface area contributed by atoms with E-state index < -0.39 is 5.82 Å². The van der Waals surface area contributed by atoms with E-state index in [2.05, 4.69) is 0 Å². The van der Waals surface area contributed by atoms with Gasteiger partial charge in [0, 0.05) is 19.2 Å². The SMILES string of the molecule is CCOc1ccc(CC(=O)N2CCOCC2)c(F)c1. The van der Waals surface area contributed by atoms with Gasteiger partial charge in [-0.1, -0.05) is 6.07 Å². The van der Waals surface area contributed by atoms with Gasteiger partial charge in [-0.3, -0.25) is 4.79 Å². The molecule has 0 bridgehead atoms. The summed E-state index contributed by atoms with van der Waals surface area (Å²) in [6, 6.07) is 4.62. The highest BCUT2D eigenvalue weighted by atomic mass is 19.1. The van der Waals surface area contributed by atoms with Gasteiger partial charge in [-0.05, 0) is 18.6 Å². The molecule has 0 radical (unpaired) electrons. The number of morpholine rings is 1. The summed E-state index contributed by atoms with van der Waals surface area (Å²) in [6.07, 6.45) is 0.0816. The number of nitrogens with zero attached hydrogens (tertiary/aromatic N) is 1. The van der Waals surface area contributed by atoms with Crippen molar-refractivity contribution in [2.75, 3.05) is 32.9 Å². The monoisotopic (exact) mass is 267 g/mol. The van der Waals surface area contributed by atoms with Gasteiger partial charge < -0.3 is 14.4 Å². The first-order valence-electron chi connectivity index (χ1n) is 6.47. The molecule has 1 saturated heterocycles. The highest BCUT2D eigenvalue weighted by Crippen LogP contribution is 2.18. The van der Waals surface area contributed by atoms with Gasteiger partial charge in [0.2, 0.25) is 5.91 Å². The average molecular weight is 267 g/mol. The molecule has 0 N–H and O–H groups in total. The van der Waals surface area contributed by atoms with E-state index >= 15 is 0 Å². The van der Waals surface area contributed by atoms with Crippen LogP contribution >= 0.6 is 0 Å². The number of benzene rings is 1. The van der Waals surface area contributed by atoms with Crippen LogP contribution in [-0.4, -0.2) is 43.7 Å². The number of amides is 1. The third kappa shape index (κ3) is 3.67. The zero-order chi connectivity index (χ0) is 13.7. The summed E-state index contributed by atoms with van der Waals surface area (Å²) < 4.78 is 24.2. The van der Waals surface area contributed by atoms with Crippen LogP contribution < -0.4 is 4.74 Å². The molecule has 0 aromatic heterocycles. The second-order valence-corrected chi connectivity index (χ2v) is 4.36. The van der Waals surface area contributed by atoms with Crippen LogP contribution in [0.15, 0.2) is 18.2 Å². The fourth-order valence-corrected chi connectivity index (χ4v) is 2.02. The number of hydrogen-bond donors (Lipinski definition) is 0. The Morgan fingerprint density at radius 1 is 1.42 bits per heavy atom. The molecular weight excluding hydrogens is 249 g/mol. The molecule has 104 valence electrons. The fourth-order valence-electron chi connectivity index (χ4n) is 2.02. The molecule has 1 fully saturated rings. The highest BCUT2D eigenvalue weighted by Gasteiger charge is 2.18. The van der Waals surface area contributed by atoms with Gasteiger partial charge in [-0.25, -0.2) is 4.39 Å². The summed E-state index contributed by atoms with van der Waals surface area (Å²) in [5, 5.41) is 0. The molecule has 2 rings (SSSR count). The summed E-state index contributed by atoms with van der Waals surface area (Å²) in [5.74, 6) is 0.0292. The van der Waals surface area contributed by atoms with Gasteiger partial charge in [0.05, 0.1) is 26.2 Å². The highest BCUT2D eigenvalue weighted by molar-refractivity contribution is 5.79. The Bertz CT molecular complexity index is 444. The number of ether oxygens (including phenoxy) is 2. The van der Waals surface area contributed by atoms with Crippen molar-refractivity contribution < 1.29 is 18.7 Å². The molecule has 0 aliphatic carbocycles. The van der Waals surface area contributed by atoms with E-state index in [1.165, 1.54) is 6.07 Å². The molecule has 1 aromatic carbocycles. The lowest BCUT2D eigenvalue weighted by Crippen LogP contribution is -2.41. The number of halogens is 1. The molecule has 0 spiro atoms. The lowest BCUT2D eigenvalue weighted by Gasteiger charge is -2.27. The maximum absolute atomic E-state index is 13.8. The second kappa shape index (κ2) is 6.52. The topological polar surface area (TPSA) is 38.8 Å². The molecule has 1 aromatic rings. The summed E-state index contributed by atoms with van der Waals surface area (Å²) in [5.41, 5.74) is 0.403. The quantitative estimate of drug-likeness (QED) is 0.832. The van der Waals surface area contributed by atoms with Crippen molar-refractivity contribution in [3.05, 3.63) is 29.6 Å². The van der Waals surface area contributed by atoms with Crippen LogP contribution in [0.5, 0.6) is 5.75 Å². The van der Waals surface area contributed by atoms with Crippen molar-refractivity contribution in [3.8, 4) is 5.75 Å². The van der Waals surface area contributed by atoms with Crippen molar-refractivity contribution >= 4 is 5.91 Å². The first-order valence-corrected chi connectivity index (χ1v) is 6.47. The van der Waals surface area contributed by atoms with Crippen LogP contribution in [0.25, 0.3) is 0 Å². The van der Waals surface area contributed by atoms with Crippen LogP contribution in [0.3, 0.4) is 0 Å². The molecule has 0 unspecified atom stereocenters. The van der Waals surface area contributed by atoms with Crippen molar-refractivity contribution in [2.24, 2.45) is 0 Å². The first-order chi connectivity index (χ1) is 9.20. The van der Waals surface area contributed by atoms with E-state index in [0.717, 1.165) is 0 Å². The van der Waals surface area contributed by atoms with Gasteiger partial charge in [-0.2, -0.15) is 0 Å². The van der Waals surface area contributed by atoms with Gasteiger partial charge in [0.15, 0.2) is 0 Å². The minimum absolute atomic E-state index is 0.0636. The molecule has 1 amide bonds. The maximum atomic E-state index is 13.8. The minimum atomic E-state index is -0.396. The molecule has 5 heteroatoms. The Morgan fingerprint density at radius 3 is 2.79 bits per heavy atom. The summed E-state index contributed by atoms with van der Waals surface area (Å²) in [7, 11) is 0. The smallest absolute Gasteiger partial charge is 0.227 e. The van der Waals surface area contributed by atoms with E-state index in [-0.39, 0.29) is 12.3 Å². The molecule has 1 aliphatic heterocycles. The molecule has 0 saturated carbocycles. The molecule has 4 nitrogen and oxygen atoms in total. The van der Waals surface area contributed by atoms with Crippen molar-refractivity contribution in [1.29, 1.82) is 0 Å². The Morgan fingerprint density at radius 2 is 2.16 bits per heavy atom. The predicted molar refractivity (Wildman–Crippen MR) is 68.7 cm³/mol. The number of rotatable bonds is 4. The van der Waals surface area contributed by atoms with Gasteiger partial charge in [-0.15, -0.1) is 0 Å². The number of hydrogen-bond acceptors (Lipinski definition) is 3. The zero-order valence-electron chi connectivity index (χ0n) is 11.0. The minimum Gasteiger partial charge on any atom is -0.494 e. The number of carbonyl (C=O) groups excluding carboxylic acids is 1. The second-order valence-electron chi connectivity index (χ2n) is 4.36. The summed E-state index contributed by atoms with van der Waals surface area (Å²) in [6.45, 7) is 4.60. The summed E-state index contributed by atoms with van der Waals surface area (Å²) in [4.78, 5) is 13.7. The van der Waals surface area contributed by atoms with Crippen LogP contribution in [0.2, 0.25) is 0 Å². The van der Waals surface area contributed by atoms with E-state index in [1.54, 1.807) is 17.0 Å². The van der Waals surface area contributed by atoms with E-state index in [9.17, 15) is 9.18 Å².